The van der Waals surface area contributed by atoms with Crippen LogP contribution in [0, 0.1) is 0 Å². The minimum absolute atomic E-state index is 0.0247. The second kappa shape index (κ2) is 9.44. The SMILES string of the molecule is COc1cccc2c1C(=O)c1c(O)c3c(c(O)c1C2=O)C[C@@](O)(C(=[N-])CO)C[C@@H]3O[C@H]1CC[C@H](O)[C@H](C)O1. The van der Waals surface area contributed by atoms with E-state index in [2.05, 4.69) is 0 Å². The first kappa shape index (κ1) is 26.3. The van der Waals surface area contributed by atoms with Crippen LogP contribution in [0.5, 0.6) is 17.2 Å². The molecule has 0 radical (unpaired) electrons. The molecule has 0 unspecified atom stereocenters. The largest absolute Gasteiger partial charge is 0.807 e. The van der Waals surface area contributed by atoms with Crippen LogP contribution in [0.3, 0.4) is 0 Å². The summed E-state index contributed by atoms with van der Waals surface area (Å²) in [7, 11) is 1.34. The zero-order chi connectivity index (χ0) is 27.5. The number of phenols is 2. The Bertz CT molecular complexity index is 1350. The number of benzene rings is 2. The molecular weight excluding hydrogens is 498 g/mol. The number of methoxy groups -OCH3 is 1. The molecule has 3 aliphatic rings. The number of carbonyl (C=O) groups excluding carboxylic acids is 2. The molecule has 5 N–H and O–H groups in total. The smallest absolute Gasteiger partial charge is 0.202 e. The van der Waals surface area contributed by atoms with E-state index < -0.39 is 83.1 Å². The van der Waals surface area contributed by atoms with Gasteiger partial charge in [0.05, 0.1) is 47.7 Å². The molecule has 0 spiro atoms. The molecule has 38 heavy (non-hydrogen) atoms. The fourth-order valence-corrected chi connectivity index (χ4v) is 5.62. The van der Waals surface area contributed by atoms with E-state index in [1.807, 2.05) is 0 Å². The van der Waals surface area contributed by atoms with Gasteiger partial charge in [0.2, 0.25) is 5.78 Å². The summed E-state index contributed by atoms with van der Waals surface area (Å²) in [6, 6.07) is 4.42. The Hall–Kier alpha value is -3.35. The van der Waals surface area contributed by atoms with Gasteiger partial charge in [-0.15, -0.1) is 5.71 Å². The van der Waals surface area contributed by atoms with Crippen molar-refractivity contribution in [2.45, 2.75) is 62.8 Å². The van der Waals surface area contributed by atoms with E-state index in [0.717, 1.165) is 0 Å². The maximum Gasteiger partial charge on any atom is 0.202 e. The summed E-state index contributed by atoms with van der Waals surface area (Å²) in [5.41, 5.74) is -3.89. The van der Waals surface area contributed by atoms with Crippen LogP contribution >= 0.6 is 0 Å². The number of carbonyl (C=O) groups is 2. The number of fused-ring (bicyclic) bond motifs is 3. The van der Waals surface area contributed by atoms with Crippen LogP contribution in [-0.2, 0) is 15.9 Å². The number of ether oxygens (including phenoxy) is 3. The van der Waals surface area contributed by atoms with Crippen molar-refractivity contribution in [3.8, 4) is 17.2 Å². The molecule has 1 aliphatic heterocycles. The molecule has 0 saturated carbocycles. The Morgan fingerprint density at radius 2 is 1.84 bits per heavy atom. The Morgan fingerprint density at radius 3 is 2.50 bits per heavy atom. The lowest BCUT2D eigenvalue weighted by molar-refractivity contribution is -0.241. The fraction of sp³-hybridized carbons (Fsp3) is 0.444. The molecule has 0 bridgehead atoms. The highest BCUT2D eigenvalue weighted by atomic mass is 16.7. The summed E-state index contributed by atoms with van der Waals surface area (Å²) in [5, 5.41) is 64.0. The summed E-state index contributed by atoms with van der Waals surface area (Å²) in [6.45, 7) is 0.773. The second-order valence-corrected chi connectivity index (χ2v) is 9.94. The van der Waals surface area contributed by atoms with Crippen LogP contribution in [0.15, 0.2) is 18.2 Å². The predicted molar refractivity (Wildman–Crippen MR) is 132 cm³/mol. The molecule has 11 heteroatoms. The van der Waals surface area contributed by atoms with E-state index in [1.165, 1.54) is 25.3 Å². The van der Waals surface area contributed by atoms with Crippen LogP contribution < -0.4 is 4.74 Å². The highest BCUT2D eigenvalue weighted by Gasteiger charge is 2.47. The van der Waals surface area contributed by atoms with Gasteiger partial charge in [-0.25, -0.2) is 0 Å². The van der Waals surface area contributed by atoms with Gasteiger partial charge in [0, 0.05) is 42.6 Å². The number of aromatic hydroxyl groups is 2. The van der Waals surface area contributed by atoms with Gasteiger partial charge in [-0.1, -0.05) is 12.1 Å². The molecule has 5 rings (SSSR count). The van der Waals surface area contributed by atoms with E-state index in [4.69, 9.17) is 14.2 Å². The number of nitrogens with zero attached hydrogens (tertiary/aromatic N) is 1. The van der Waals surface area contributed by atoms with Crippen molar-refractivity contribution in [3.05, 3.63) is 57.0 Å². The Balaban J connectivity index is 1.69. The highest BCUT2D eigenvalue weighted by Crippen LogP contribution is 2.52. The molecule has 2 aromatic rings. The normalized spacial score (nSPS) is 28.3. The van der Waals surface area contributed by atoms with E-state index in [9.17, 15) is 40.5 Å². The van der Waals surface area contributed by atoms with Gasteiger partial charge in [0.1, 0.15) is 17.2 Å². The molecule has 202 valence electrons. The topological polar surface area (TPSA) is 185 Å². The third-order valence-corrected chi connectivity index (χ3v) is 7.69. The molecule has 1 heterocycles. The molecule has 11 nitrogen and oxygen atoms in total. The average Bonchev–Trinajstić information content (AvgIpc) is 2.90. The van der Waals surface area contributed by atoms with Crippen molar-refractivity contribution in [2.75, 3.05) is 13.7 Å². The van der Waals surface area contributed by atoms with Crippen molar-refractivity contribution in [1.82, 2.24) is 0 Å². The highest BCUT2D eigenvalue weighted by molar-refractivity contribution is 6.31. The van der Waals surface area contributed by atoms with Crippen LogP contribution in [0.2, 0.25) is 0 Å². The van der Waals surface area contributed by atoms with Crippen LogP contribution in [0.1, 0.15) is 75.3 Å². The molecule has 0 amide bonds. The summed E-state index contributed by atoms with van der Waals surface area (Å²) < 4.78 is 17.1. The van der Waals surface area contributed by atoms with Crippen molar-refractivity contribution in [2.24, 2.45) is 0 Å². The summed E-state index contributed by atoms with van der Waals surface area (Å²) in [6.07, 6.45) is -3.61. The predicted octanol–water partition coefficient (Wildman–Crippen LogP) is 1.51. The molecule has 2 aliphatic carbocycles. The molecule has 0 aromatic heterocycles. The zero-order valence-corrected chi connectivity index (χ0v) is 20.8. The maximum absolute atomic E-state index is 13.6. The van der Waals surface area contributed by atoms with Gasteiger partial charge in [-0.05, 0) is 19.4 Å². The molecular formula is C27H28NO10-. The summed E-state index contributed by atoms with van der Waals surface area (Å²) in [4.78, 5) is 27.1. The number of phenolic OH excluding ortho intramolecular Hbond substituents is 2. The van der Waals surface area contributed by atoms with Crippen molar-refractivity contribution in [1.29, 1.82) is 0 Å². The van der Waals surface area contributed by atoms with Gasteiger partial charge >= 0.3 is 0 Å². The third-order valence-electron chi connectivity index (χ3n) is 7.69. The standard InChI is InChI=1S/C27H28NO10/c1-11-14(30)6-7-18(37-11)38-16-9-27(35,17(28)10-29)8-13-20(16)26(34)22-21(24(13)32)23(31)12-4-3-5-15(36-2)19(12)25(22)33/h3-5,11,14,16,18,29-30,32,34-35H,6-10H2,1-2H3/q-1/t11-,14-,16-,18-,27-/m0/s1. The van der Waals surface area contributed by atoms with E-state index >= 15 is 0 Å². The van der Waals surface area contributed by atoms with Crippen molar-refractivity contribution < 1.29 is 49.3 Å². The maximum atomic E-state index is 13.6. The first-order chi connectivity index (χ1) is 18.0. The molecule has 1 saturated heterocycles. The van der Waals surface area contributed by atoms with Gasteiger partial charge < -0.3 is 45.2 Å². The van der Waals surface area contributed by atoms with Crippen LogP contribution in [0.4, 0.5) is 0 Å². The molecule has 5 atom stereocenters. The lowest BCUT2D eigenvalue weighted by atomic mass is 9.71. The Morgan fingerprint density at radius 1 is 1.13 bits per heavy atom. The van der Waals surface area contributed by atoms with E-state index in [1.54, 1.807) is 6.92 Å². The number of aliphatic hydroxyl groups excluding tert-OH is 2. The molecule has 1 fully saturated rings. The zero-order valence-electron chi connectivity index (χ0n) is 20.8. The van der Waals surface area contributed by atoms with Gasteiger partial charge in [-0.2, -0.15) is 0 Å². The minimum Gasteiger partial charge on any atom is -0.807 e. The lowest BCUT2D eigenvalue weighted by Crippen LogP contribution is -2.48. The summed E-state index contributed by atoms with van der Waals surface area (Å²) in [5.74, 6) is -2.61. The number of hydrogen-bond acceptors (Lipinski definition) is 10. The first-order valence-electron chi connectivity index (χ1n) is 12.3. The van der Waals surface area contributed by atoms with Crippen LogP contribution in [0.25, 0.3) is 5.41 Å². The first-order valence-corrected chi connectivity index (χ1v) is 12.3. The van der Waals surface area contributed by atoms with Crippen molar-refractivity contribution in [3.63, 3.8) is 0 Å². The Labute approximate surface area is 217 Å². The summed E-state index contributed by atoms with van der Waals surface area (Å²) >= 11 is 0. The monoisotopic (exact) mass is 526 g/mol. The van der Waals surface area contributed by atoms with Crippen molar-refractivity contribution >= 4 is 17.3 Å². The second-order valence-electron chi connectivity index (χ2n) is 9.94. The third kappa shape index (κ3) is 3.89. The number of rotatable bonds is 5. The van der Waals surface area contributed by atoms with Gasteiger partial charge in [0.15, 0.2) is 12.1 Å². The minimum atomic E-state index is -2.09. The van der Waals surface area contributed by atoms with Crippen LogP contribution in [-0.4, -0.2) is 80.6 Å². The quantitative estimate of drug-likeness (QED) is 0.241. The lowest BCUT2D eigenvalue weighted by Gasteiger charge is -2.44. The number of hydrogen-bond donors (Lipinski definition) is 5. The van der Waals surface area contributed by atoms with E-state index in [-0.39, 0.29) is 40.8 Å². The fourth-order valence-electron chi connectivity index (χ4n) is 5.62. The van der Waals surface area contributed by atoms with E-state index in [0.29, 0.717) is 6.42 Å². The number of ketones is 2. The Kier molecular flexibility index (Phi) is 6.52. The van der Waals surface area contributed by atoms with Gasteiger partial charge in [0.25, 0.3) is 0 Å². The van der Waals surface area contributed by atoms with Gasteiger partial charge in [-0.3, -0.25) is 9.59 Å². The molecule has 2 aromatic carbocycles. The number of aliphatic hydroxyl groups is 3. The average molecular weight is 527 g/mol.